The molecule has 0 aliphatic rings. The van der Waals surface area contributed by atoms with Crippen LogP contribution in [0, 0.1) is 0 Å². The largest absolute Gasteiger partial charge is 0.382 e. The minimum Gasteiger partial charge on any atom is -0.382 e. The van der Waals surface area contributed by atoms with E-state index < -0.39 is 0 Å². The van der Waals surface area contributed by atoms with Crippen LogP contribution in [0.5, 0.6) is 0 Å². The Morgan fingerprint density at radius 3 is 2.95 bits per heavy atom. The molecule has 0 bridgehead atoms. The van der Waals surface area contributed by atoms with Gasteiger partial charge in [-0.2, -0.15) is 5.10 Å². The van der Waals surface area contributed by atoms with Crippen LogP contribution < -0.4 is 11.1 Å². The number of halogens is 1. The molecule has 3 rings (SSSR count). The zero-order valence-electron chi connectivity index (χ0n) is 11.5. The third kappa shape index (κ3) is 2.62. The summed E-state index contributed by atoms with van der Waals surface area (Å²) < 4.78 is 1.89. The fourth-order valence-corrected chi connectivity index (χ4v) is 2.44. The molecule has 0 aliphatic heterocycles. The zero-order chi connectivity index (χ0) is 14.8. The molecule has 21 heavy (non-hydrogen) atoms. The van der Waals surface area contributed by atoms with Crippen molar-refractivity contribution in [3.05, 3.63) is 41.3 Å². The summed E-state index contributed by atoms with van der Waals surface area (Å²) in [4.78, 5) is 7.91. The summed E-state index contributed by atoms with van der Waals surface area (Å²) in [6.07, 6.45) is 2.15. The number of rotatable bonds is 4. The van der Waals surface area contributed by atoms with Gasteiger partial charge in [0.15, 0.2) is 0 Å². The van der Waals surface area contributed by atoms with Gasteiger partial charge in [-0.05, 0) is 6.07 Å². The van der Waals surface area contributed by atoms with Gasteiger partial charge in [-0.25, -0.2) is 9.97 Å². The molecule has 0 saturated carbocycles. The topological polar surface area (TPSA) is 81.7 Å². The van der Waals surface area contributed by atoms with E-state index in [9.17, 15) is 0 Å². The summed E-state index contributed by atoms with van der Waals surface area (Å²) in [5, 5.41) is 9.22. The van der Waals surface area contributed by atoms with E-state index in [2.05, 4.69) is 32.5 Å². The molecular weight excluding hydrogens is 288 g/mol. The predicted molar refractivity (Wildman–Crippen MR) is 84.4 cm³/mol. The van der Waals surface area contributed by atoms with E-state index in [0.717, 1.165) is 23.0 Å². The molecule has 0 atom stereocenters. The van der Waals surface area contributed by atoms with Gasteiger partial charge in [0.25, 0.3) is 0 Å². The maximum absolute atomic E-state index is 6.04. The van der Waals surface area contributed by atoms with Gasteiger partial charge in [-0.3, -0.25) is 4.68 Å². The average molecular weight is 303 g/mol. The number of aromatic nitrogens is 4. The van der Waals surface area contributed by atoms with E-state index in [4.69, 9.17) is 17.3 Å². The van der Waals surface area contributed by atoms with Crippen molar-refractivity contribution >= 4 is 34.1 Å². The molecule has 0 amide bonds. The minimum atomic E-state index is 0.275. The Kier molecular flexibility index (Phi) is 3.62. The van der Waals surface area contributed by atoms with Crippen molar-refractivity contribution in [2.75, 3.05) is 17.6 Å². The molecule has 0 aliphatic carbocycles. The summed E-state index contributed by atoms with van der Waals surface area (Å²) in [5.74, 6) is 0.821. The zero-order valence-corrected chi connectivity index (χ0v) is 12.3. The summed E-state index contributed by atoms with van der Waals surface area (Å²) in [7, 11) is 1.95. The Hall–Kier alpha value is -2.34. The smallest absolute Gasteiger partial charge is 0.150 e. The molecule has 2 aromatic heterocycles. The van der Waals surface area contributed by atoms with Crippen LogP contribution in [0.4, 0.5) is 11.6 Å². The van der Waals surface area contributed by atoms with Gasteiger partial charge in [0, 0.05) is 25.4 Å². The maximum Gasteiger partial charge on any atom is 0.150 e. The molecule has 0 saturated heterocycles. The van der Waals surface area contributed by atoms with Crippen LogP contribution in [0.2, 0.25) is 5.02 Å². The van der Waals surface area contributed by atoms with Crippen LogP contribution in [0.3, 0.4) is 0 Å². The molecular formula is C14H15ClN6. The van der Waals surface area contributed by atoms with Crippen LogP contribution >= 0.6 is 11.6 Å². The lowest BCUT2D eigenvalue weighted by atomic mass is 10.1. The Morgan fingerprint density at radius 1 is 1.29 bits per heavy atom. The van der Waals surface area contributed by atoms with Crippen LogP contribution in [0.25, 0.3) is 10.9 Å². The number of para-hydroxylation sites is 1. The SMILES string of the molecule is Cn1nc(CCNc2ncnc(N)c2Cl)c2ccccc21. The lowest BCUT2D eigenvalue weighted by Crippen LogP contribution is -2.09. The summed E-state index contributed by atoms with van der Waals surface area (Å²) in [5.41, 5.74) is 7.81. The molecule has 1 aromatic carbocycles. The fourth-order valence-electron chi connectivity index (χ4n) is 2.28. The molecule has 3 aromatic rings. The molecule has 6 nitrogen and oxygen atoms in total. The van der Waals surface area contributed by atoms with Gasteiger partial charge >= 0.3 is 0 Å². The molecule has 7 heteroatoms. The Morgan fingerprint density at radius 2 is 2.10 bits per heavy atom. The number of aryl methyl sites for hydroxylation is 1. The molecule has 108 valence electrons. The molecule has 0 unspecified atom stereocenters. The van der Waals surface area contributed by atoms with Gasteiger partial charge in [-0.15, -0.1) is 0 Å². The molecule has 0 fully saturated rings. The van der Waals surface area contributed by atoms with E-state index in [0.29, 0.717) is 17.4 Å². The van der Waals surface area contributed by atoms with E-state index in [1.165, 1.54) is 6.33 Å². The van der Waals surface area contributed by atoms with Crippen LogP contribution in [0.1, 0.15) is 5.69 Å². The number of fused-ring (bicyclic) bond motifs is 1. The monoisotopic (exact) mass is 302 g/mol. The van der Waals surface area contributed by atoms with Crippen LogP contribution in [-0.2, 0) is 13.5 Å². The number of nitrogens with one attached hydrogen (secondary N) is 1. The minimum absolute atomic E-state index is 0.275. The number of nitrogen functional groups attached to an aromatic ring is 1. The van der Waals surface area contributed by atoms with E-state index >= 15 is 0 Å². The van der Waals surface area contributed by atoms with Gasteiger partial charge in [0.05, 0.1) is 11.2 Å². The van der Waals surface area contributed by atoms with Gasteiger partial charge in [0.2, 0.25) is 0 Å². The predicted octanol–water partition coefficient (Wildman–Crippen LogP) is 2.25. The van der Waals surface area contributed by atoms with Crippen molar-refractivity contribution in [3.8, 4) is 0 Å². The number of hydrogen-bond donors (Lipinski definition) is 2. The average Bonchev–Trinajstić information content (AvgIpc) is 2.81. The Balaban J connectivity index is 1.74. The lowest BCUT2D eigenvalue weighted by molar-refractivity contribution is 0.764. The highest BCUT2D eigenvalue weighted by Gasteiger charge is 2.09. The van der Waals surface area contributed by atoms with Crippen molar-refractivity contribution in [1.29, 1.82) is 0 Å². The number of hydrogen-bond acceptors (Lipinski definition) is 5. The quantitative estimate of drug-likeness (QED) is 0.772. The van der Waals surface area contributed by atoms with Crippen molar-refractivity contribution in [2.24, 2.45) is 7.05 Å². The van der Waals surface area contributed by atoms with Crippen molar-refractivity contribution in [2.45, 2.75) is 6.42 Å². The first-order valence-corrected chi connectivity index (χ1v) is 6.95. The Bertz CT molecular complexity index is 782. The number of anilines is 2. The number of nitrogens with zero attached hydrogens (tertiary/aromatic N) is 4. The second-order valence-electron chi connectivity index (χ2n) is 4.69. The number of nitrogens with two attached hydrogens (primary N) is 1. The standard InChI is InChI=1S/C14H15ClN6/c1-21-11-5-3-2-4-9(11)10(20-21)6-7-17-14-12(15)13(16)18-8-19-14/h2-5,8H,6-7H2,1H3,(H3,16,17,18,19). The second kappa shape index (κ2) is 5.57. The fraction of sp³-hybridized carbons (Fsp3) is 0.214. The second-order valence-corrected chi connectivity index (χ2v) is 5.06. The van der Waals surface area contributed by atoms with Gasteiger partial charge in [-0.1, -0.05) is 29.8 Å². The molecule has 2 heterocycles. The first-order valence-electron chi connectivity index (χ1n) is 6.57. The van der Waals surface area contributed by atoms with Crippen LogP contribution in [-0.4, -0.2) is 26.3 Å². The van der Waals surface area contributed by atoms with Crippen molar-refractivity contribution < 1.29 is 0 Å². The maximum atomic E-state index is 6.04. The third-order valence-electron chi connectivity index (χ3n) is 3.30. The lowest BCUT2D eigenvalue weighted by Gasteiger charge is -2.07. The highest BCUT2D eigenvalue weighted by atomic mass is 35.5. The van der Waals surface area contributed by atoms with Gasteiger partial charge in [0.1, 0.15) is 23.0 Å². The van der Waals surface area contributed by atoms with E-state index in [1.807, 2.05) is 23.9 Å². The summed E-state index contributed by atoms with van der Waals surface area (Å²) in [6.45, 7) is 0.664. The highest BCUT2D eigenvalue weighted by Crippen LogP contribution is 2.23. The summed E-state index contributed by atoms with van der Waals surface area (Å²) >= 11 is 6.04. The first kappa shape index (κ1) is 13.6. The highest BCUT2D eigenvalue weighted by molar-refractivity contribution is 6.35. The molecule has 3 N–H and O–H groups in total. The molecule has 0 radical (unpaired) electrons. The first-order chi connectivity index (χ1) is 10.2. The van der Waals surface area contributed by atoms with Gasteiger partial charge < -0.3 is 11.1 Å². The van der Waals surface area contributed by atoms with Crippen molar-refractivity contribution in [3.63, 3.8) is 0 Å². The van der Waals surface area contributed by atoms with E-state index in [-0.39, 0.29) is 5.82 Å². The molecule has 0 spiro atoms. The Labute approximate surface area is 127 Å². The van der Waals surface area contributed by atoms with E-state index in [1.54, 1.807) is 0 Å². The van der Waals surface area contributed by atoms with Crippen LogP contribution in [0.15, 0.2) is 30.6 Å². The normalized spacial score (nSPS) is 11.0. The third-order valence-corrected chi connectivity index (χ3v) is 3.68. The number of benzene rings is 1. The summed E-state index contributed by atoms with van der Waals surface area (Å²) in [6, 6.07) is 8.16. The van der Waals surface area contributed by atoms with Crippen molar-refractivity contribution in [1.82, 2.24) is 19.7 Å².